The third-order valence-corrected chi connectivity index (χ3v) is 4.73. The van der Waals surface area contributed by atoms with Crippen molar-refractivity contribution < 1.29 is 18.8 Å². The fourth-order valence-corrected chi connectivity index (χ4v) is 2.76. The van der Waals surface area contributed by atoms with E-state index >= 15 is 0 Å². The van der Waals surface area contributed by atoms with Crippen molar-refractivity contribution in [2.75, 3.05) is 0 Å². The van der Waals surface area contributed by atoms with E-state index in [0.29, 0.717) is 5.69 Å². The average Bonchev–Trinajstić information content (AvgIpc) is 2.79. The Bertz CT molecular complexity index is 1090. The monoisotopic (exact) mass is 457 g/mol. The quantitative estimate of drug-likeness (QED) is 0.454. The van der Waals surface area contributed by atoms with Crippen molar-refractivity contribution in [2.24, 2.45) is 0 Å². The third kappa shape index (κ3) is 7.37. The van der Waals surface area contributed by atoms with Gasteiger partial charge in [0.2, 0.25) is 0 Å². The van der Waals surface area contributed by atoms with Gasteiger partial charge in [-0.1, -0.05) is 44.9 Å². The van der Waals surface area contributed by atoms with Gasteiger partial charge in [-0.3, -0.25) is 14.6 Å². The van der Waals surface area contributed by atoms with Gasteiger partial charge in [-0.15, -0.1) is 4.89 Å². The van der Waals surface area contributed by atoms with Crippen LogP contribution < -0.4 is 15.4 Å². The van der Waals surface area contributed by atoms with Crippen LogP contribution in [0.25, 0.3) is 11.5 Å². The Balaban J connectivity index is 0.000000837. The Morgan fingerprint density at radius 1 is 1.16 bits per heavy atom. The molecule has 9 nitrogen and oxygen atoms in total. The number of carbonyl (C=O) groups is 1. The highest BCUT2D eigenvalue weighted by Gasteiger charge is 2.18. The molecule has 1 amide bonds. The number of pyridine rings is 1. The molecule has 2 heterocycles. The molecule has 10 heteroatoms. The van der Waals surface area contributed by atoms with Crippen molar-refractivity contribution in [3.05, 3.63) is 76.3 Å². The van der Waals surface area contributed by atoms with Crippen LogP contribution >= 0.6 is 8.25 Å². The molecule has 0 fully saturated rings. The first-order valence-corrected chi connectivity index (χ1v) is 11.2. The van der Waals surface area contributed by atoms with Gasteiger partial charge in [-0.2, -0.15) is 0 Å². The van der Waals surface area contributed by atoms with Gasteiger partial charge in [0.05, 0.1) is 6.04 Å². The number of aromatic amines is 1. The summed E-state index contributed by atoms with van der Waals surface area (Å²) >= 11 is 0. The molecule has 0 aliphatic carbocycles. The number of nitrogens with one attached hydrogen (secondary N) is 2. The fourth-order valence-electron chi connectivity index (χ4n) is 2.45. The maximum Gasteiger partial charge on any atom is 0.747 e. The Morgan fingerprint density at radius 2 is 1.84 bits per heavy atom. The minimum atomic E-state index is -2.74. The molecule has 3 rings (SSSR count). The second-order valence-electron chi connectivity index (χ2n) is 6.78. The van der Waals surface area contributed by atoms with Crippen molar-refractivity contribution in [1.82, 2.24) is 20.3 Å². The highest BCUT2D eigenvalue weighted by molar-refractivity contribution is 7.32. The summed E-state index contributed by atoms with van der Waals surface area (Å²) in [6, 6.07) is 11.1. The maximum atomic E-state index is 12.4. The number of unbranched alkanes of at least 4 members (excludes halogenated alkanes) is 1. The van der Waals surface area contributed by atoms with Crippen LogP contribution in [0.15, 0.2) is 59.7 Å². The Morgan fingerprint density at radius 3 is 2.38 bits per heavy atom. The van der Waals surface area contributed by atoms with E-state index in [-0.39, 0.29) is 17.1 Å². The van der Waals surface area contributed by atoms with E-state index in [0.717, 1.165) is 5.56 Å². The molecule has 1 aromatic carbocycles. The first-order valence-electron chi connectivity index (χ1n) is 10.1. The van der Waals surface area contributed by atoms with E-state index < -0.39 is 25.8 Å². The fraction of sp³-hybridized carbons (Fsp3) is 0.273. The lowest BCUT2D eigenvalue weighted by Crippen LogP contribution is -2.32. The number of amides is 1. The van der Waals surface area contributed by atoms with Gasteiger partial charge >= 0.3 is 8.25 Å². The number of hydrogen-bond acceptors (Lipinski definition) is 6. The van der Waals surface area contributed by atoms with Crippen LogP contribution in [0.4, 0.5) is 0 Å². The van der Waals surface area contributed by atoms with Gasteiger partial charge in [-0.25, -0.2) is 9.51 Å². The normalized spacial score (nSPS) is 11.6. The lowest BCUT2D eigenvalue weighted by atomic mass is 10.1. The van der Waals surface area contributed by atoms with E-state index in [1.54, 1.807) is 43.5 Å². The molecule has 0 saturated carbocycles. The summed E-state index contributed by atoms with van der Waals surface area (Å²) in [5, 5.41) is 2.71. The van der Waals surface area contributed by atoms with Gasteiger partial charge in [0, 0.05) is 17.0 Å². The zero-order chi connectivity index (χ0) is 23.5. The van der Waals surface area contributed by atoms with Gasteiger partial charge in [0.25, 0.3) is 11.5 Å². The minimum Gasteiger partial charge on any atom is -0.345 e. The minimum absolute atomic E-state index is 0.122. The van der Waals surface area contributed by atoms with E-state index in [4.69, 9.17) is 4.89 Å². The van der Waals surface area contributed by atoms with Crippen LogP contribution in [-0.4, -0.2) is 25.8 Å². The first kappa shape index (κ1) is 24.8. The van der Waals surface area contributed by atoms with Crippen molar-refractivity contribution in [3.63, 3.8) is 0 Å². The molecule has 2 unspecified atom stereocenters. The van der Waals surface area contributed by atoms with Crippen LogP contribution in [0.1, 0.15) is 55.6 Å². The molecule has 32 heavy (non-hydrogen) atoms. The maximum absolute atomic E-state index is 12.4. The predicted octanol–water partition coefficient (Wildman–Crippen LogP) is 4.16. The van der Waals surface area contributed by atoms with Crippen molar-refractivity contribution >= 4 is 14.2 Å². The molecule has 168 valence electrons. The number of nitrogens with zero attached hydrogens (tertiary/aromatic N) is 2. The van der Waals surface area contributed by atoms with E-state index in [9.17, 15) is 14.2 Å². The smallest absolute Gasteiger partial charge is 0.345 e. The first-order chi connectivity index (χ1) is 15.3. The highest BCUT2D eigenvalue weighted by Crippen LogP contribution is 2.24. The largest absolute Gasteiger partial charge is 0.747 e. The molecule has 2 atom stereocenters. The van der Waals surface area contributed by atoms with Gasteiger partial charge < -0.3 is 10.3 Å². The second kappa shape index (κ2) is 12.4. The summed E-state index contributed by atoms with van der Waals surface area (Å²) in [4.78, 5) is 44.2. The topological polar surface area (TPSA) is 134 Å². The molecule has 0 saturated heterocycles. The second-order valence-corrected chi connectivity index (χ2v) is 7.44. The molecule has 3 N–H and O–H groups in total. The summed E-state index contributed by atoms with van der Waals surface area (Å²) in [5.74, 6) is -0.0720. The van der Waals surface area contributed by atoms with E-state index in [1.165, 1.54) is 31.2 Å². The van der Waals surface area contributed by atoms with E-state index in [2.05, 4.69) is 38.6 Å². The molecular weight excluding hydrogens is 431 g/mol. The Hall–Kier alpha value is -3.42. The molecular formula is C22H26N4O5P+. The Kier molecular flexibility index (Phi) is 9.66. The number of rotatable bonds is 7. The molecule has 3 aromatic rings. The summed E-state index contributed by atoms with van der Waals surface area (Å²) in [6.45, 7) is 6.10. The summed E-state index contributed by atoms with van der Waals surface area (Å²) in [6.07, 6.45) is 5.42. The highest BCUT2D eigenvalue weighted by atomic mass is 31.1. The van der Waals surface area contributed by atoms with Crippen molar-refractivity contribution in [2.45, 2.75) is 39.7 Å². The SMILES string of the molecule is CC(NC(=O)c1cnc(-c2ccccn2)[nH]c1=O)c1ccc(O[P+](=O)O)cc1.CCCC. The Labute approximate surface area is 186 Å². The molecule has 0 aliphatic heterocycles. The third-order valence-electron chi connectivity index (χ3n) is 4.36. The van der Waals surface area contributed by atoms with Gasteiger partial charge in [0.15, 0.2) is 11.6 Å². The lowest BCUT2D eigenvalue weighted by molar-refractivity contribution is 0.0938. The molecule has 0 radical (unpaired) electrons. The summed E-state index contributed by atoms with van der Waals surface area (Å²) in [7, 11) is -2.74. The molecule has 0 bridgehead atoms. The molecule has 0 aliphatic rings. The number of carbonyl (C=O) groups excluding carboxylic acids is 1. The van der Waals surface area contributed by atoms with Crippen LogP contribution in [0, 0.1) is 0 Å². The van der Waals surface area contributed by atoms with Gasteiger partial charge in [0.1, 0.15) is 11.3 Å². The number of benzene rings is 1. The predicted molar refractivity (Wildman–Crippen MR) is 121 cm³/mol. The van der Waals surface area contributed by atoms with Crippen LogP contribution in [0.3, 0.4) is 0 Å². The van der Waals surface area contributed by atoms with E-state index in [1.807, 2.05) is 0 Å². The average molecular weight is 457 g/mol. The standard InChI is InChI=1S/C18H15N4O5P.C4H10/c1-11(12-5-7-13(8-6-12)27-28(25)26)21-17(23)14-10-20-16(22-18(14)24)15-4-2-3-9-19-15;1-3-4-2/h2-11H,1H3,(H2-,20,21,22,23,24,25,26);3-4H2,1-2H3/p+1. The molecule has 0 spiro atoms. The van der Waals surface area contributed by atoms with Gasteiger partial charge in [-0.05, 0) is 36.8 Å². The van der Waals surface area contributed by atoms with Crippen molar-refractivity contribution in [1.29, 1.82) is 0 Å². The summed E-state index contributed by atoms with van der Waals surface area (Å²) in [5.41, 5.74) is 0.523. The van der Waals surface area contributed by atoms with Crippen LogP contribution in [0.5, 0.6) is 5.75 Å². The van der Waals surface area contributed by atoms with Crippen LogP contribution in [0.2, 0.25) is 0 Å². The number of hydrogen-bond donors (Lipinski definition) is 3. The zero-order valence-electron chi connectivity index (χ0n) is 18.1. The summed E-state index contributed by atoms with van der Waals surface area (Å²) < 4.78 is 15.3. The zero-order valence-corrected chi connectivity index (χ0v) is 19.0. The number of aromatic nitrogens is 3. The molecule has 2 aromatic heterocycles. The van der Waals surface area contributed by atoms with Crippen LogP contribution in [-0.2, 0) is 4.57 Å². The van der Waals surface area contributed by atoms with Crippen molar-refractivity contribution in [3.8, 4) is 17.3 Å². The lowest BCUT2D eigenvalue weighted by Gasteiger charge is -2.14. The number of H-pyrrole nitrogens is 1.